The lowest BCUT2D eigenvalue weighted by atomic mass is 10.1. The molecule has 4 rings (SSSR count). The normalized spacial score (nSPS) is 19.4. The molecule has 0 unspecified atom stereocenters. The first-order valence-electron chi connectivity index (χ1n) is 10.2. The zero-order valence-electron chi connectivity index (χ0n) is 17.7. The Morgan fingerprint density at radius 3 is 2.71 bits per heavy atom. The molecule has 1 fully saturated rings. The van der Waals surface area contributed by atoms with Gasteiger partial charge in [-0.2, -0.15) is 4.39 Å². The second kappa shape index (κ2) is 8.14. The number of aromatic nitrogens is 2. The van der Waals surface area contributed by atoms with E-state index < -0.39 is 29.7 Å². The third-order valence-corrected chi connectivity index (χ3v) is 6.19. The fraction of sp³-hybridized carbons (Fsp3) is 0.524. The molecule has 1 saturated heterocycles. The van der Waals surface area contributed by atoms with Crippen molar-refractivity contribution < 1.29 is 23.1 Å². The van der Waals surface area contributed by atoms with Crippen molar-refractivity contribution in [3.63, 3.8) is 0 Å². The number of thiazole rings is 1. The number of rotatable bonds is 2. The van der Waals surface area contributed by atoms with E-state index in [0.29, 0.717) is 47.2 Å². The Labute approximate surface area is 183 Å². The van der Waals surface area contributed by atoms with E-state index in [4.69, 9.17) is 4.74 Å². The zero-order chi connectivity index (χ0) is 22.3. The van der Waals surface area contributed by atoms with Crippen LogP contribution in [0.5, 0.6) is 0 Å². The van der Waals surface area contributed by atoms with Crippen molar-refractivity contribution in [1.82, 2.24) is 14.9 Å². The fourth-order valence-corrected chi connectivity index (χ4v) is 4.70. The molecular weight excluding hydrogens is 426 g/mol. The average molecular weight is 451 g/mol. The number of anilines is 1. The van der Waals surface area contributed by atoms with Gasteiger partial charge in [0, 0.05) is 19.5 Å². The van der Waals surface area contributed by atoms with Crippen LogP contribution in [0.1, 0.15) is 49.0 Å². The summed E-state index contributed by atoms with van der Waals surface area (Å²) in [7, 11) is 0. The molecule has 1 atom stereocenters. The molecule has 0 N–H and O–H groups in total. The Morgan fingerprint density at radius 2 is 2.03 bits per heavy atom. The van der Waals surface area contributed by atoms with Crippen LogP contribution in [0.2, 0.25) is 0 Å². The van der Waals surface area contributed by atoms with E-state index in [0.717, 1.165) is 16.2 Å². The van der Waals surface area contributed by atoms with Crippen molar-refractivity contribution in [3.05, 3.63) is 28.7 Å². The summed E-state index contributed by atoms with van der Waals surface area (Å²) in [6.07, 6.45) is -0.0706. The molecule has 2 aliphatic rings. The van der Waals surface area contributed by atoms with Crippen molar-refractivity contribution in [1.29, 1.82) is 0 Å². The van der Waals surface area contributed by atoms with Crippen LogP contribution in [0.3, 0.4) is 0 Å². The van der Waals surface area contributed by atoms with E-state index in [-0.39, 0.29) is 18.7 Å². The quantitative estimate of drug-likeness (QED) is 0.638. The number of fused-ring (bicyclic) bond motifs is 1. The van der Waals surface area contributed by atoms with Crippen LogP contribution in [0.15, 0.2) is 12.1 Å². The first-order chi connectivity index (χ1) is 14.6. The average Bonchev–Trinajstić information content (AvgIpc) is 3.11. The number of pyridine rings is 1. The predicted molar refractivity (Wildman–Crippen MR) is 113 cm³/mol. The summed E-state index contributed by atoms with van der Waals surface area (Å²) in [4.78, 5) is 36.7. The van der Waals surface area contributed by atoms with E-state index in [9.17, 15) is 18.4 Å². The first kappa shape index (κ1) is 21.6. The molecule has 0 saturated carbocycles. The molecule has 10 heteroatoms. The summed E-state index contributed by atoms with van der Waals surface area (Å²) < 4.78 is 33.8. The highest BCUT2D eigenvalue weighted by Gasteiger charge is 2.35. The van der Waals surface area contributed by atoms with Crippen molar-refractivity contribution in [3.8, 4) is 10.6 Å². The topological polar surface area (TPSA) is 75.6 Å². The Kier molecular flexibility index (Phi) is 5.67. The van der Waals surface area contributed by atoms with E-state index in [1.54, 1.807) is 37.8 Å². The molecule has 166 valence electrons. The van der Waals surface area contributed by atoms with Crippen LogP contribution in [0.25, 0.3) is 10.6 Å². The number of halogens is 2. The van der Waals surface area contributed by atoms with Gasteiger partial charge < -0.3 is 9.64 Å². The van der Waals surface area contributed by atoms with Crippen LogP contribution in [0.4, 0.5) is 19.4 Å². The number of amides is 2. The van der Waals surface area contributed by atoms with Gasteiger partial charge in [0.05, 0.1) is 17.8 Å². The Hall–Kier alpha value is -2.62. The summed E-state index contributed by atoms with van der Waals surface area (Å²) in [6, 6.07) is 3.20. The number of nitrogens with zero attached hydrogens (tertiary/aromatic N) is 4. The number of hydrogen-bond acceptors (Lipinski definition) is 7. The number of carbonyl (C=O) groups is 2. The molecule has 2 aromatic rings. The van der Waals surface area contributed by atoms with Crippen LogP contribution in [-0.2, 0) is 11.2 Å². The van der Waals surface area contributed by atoms with Gasteiger partial charge in [-0.3, -0.25) is 4.79 Å². The minimum atomic E-state index is -0.942. The Morgan fingerprint density at radius 1 is 1.26 bits per heavy atom. The first-order valence-corrected chi connectivity index (χ1v) is 11.0. The molecule has 31 heavy (non-hydrogen) atoms. The summed E-state index contributed by atoms with van der Waals surface area (Å²) >= 11 is 1.03. The van der Waals surface area contributed by atoms with Gasteiger partial charge in [0.1, 0.15) is 27.5 Å². The molecule has 0 aromatic carbocycles. The largest absolute Gasteiger partial charge is 0.443 e. The van der Waals surface area contributed by atoms with Crippen LogP contribution in [-0.4, -0.2) is 58.3 Å². The van der Waals surface area contributed by atoms with E-state index in [1.807, 2.05) is 0 Å². The monoisotopic (exact) mass is 450 g/mol. The SMILES string of the molecule is CC(C)(C)OC(=O)N1CCc2nc(-c3ccc(N4CCC[C@@H](F)C4)nc3F)sc2C1=O. The smallest absolute Gasteiger partial charge is 0.417 e. The lowest BCUT2D eigenvalue weighted by Crippen LogP contribution is -2.44. The molecule has 2 amide bonds. The van der Waals surface area contributed by atoms with Crippen LogP contribution >= 0.6 is 11.3 Å². The maximum Gasteiger partial charge on any atom is 0.417 e. The van der Waals surface area contributed by atoms with Gasteiger partial charge in [0.15, 0.2) is 0 Å². The van der Waals surface area contributed by atoms with Crippen molar-refractivity contribution in [2.75, 3.05) is 24.5 Å². The minimum absolute atomic E-state index is 0.156. The summed E-state index contributed by atoms with van der Waals surface area (Å²) in [5.41, 5.74) is -0.0120. The number of carbonyl (C=O) groups excluding carboxylic acids is 2. The Bertz CT molecular complexity index is 1020. The standard InChI is InChI=1S/C21H24F2N4O3S/c1-21(2,3)30-20(29)27-10-8-14-16(19(27)28)31-18(24-14)13-6-7-15(25-17(13)23)26-9-4-5-12(22)11-26/h6-7,12H,4-5,8-11H2,1-3H3/t12-/m1/s1. The molecular formula is C21H24F2N4O3S. The molecule has 4 heterocycles. The van der Waals surface area contributed by atoms with Gasteiger partial charge in [0.25, 0.3) is 5.91 Å². The van der Waals surface area contributed by atoms with Gasteiger partial charge in [-0.25, -0.2) is 24.1 Å². The van der Waals surface area contributed by atoms with E-state index in [1.165, 1.54) is 0 Å². The molecule has 0 aliphatic carbocycles. The summed E-state index contributed by atoms with van der Waals surface area (Å²) in [6.45, 7) is 6.17. The maximum absolute atomic E-state index is 14.8. The lowest BCUT2D eigenvalue weighted by molar-refractivity contribution is 0.0235. The van der Waals surface area contributed by atoms with Crippen molar-refractivity contribution in [2.45, 2.75) is 51.8 Å². The van der Waals surface area contributed by atoms with E-state index in [2.05, 4.69) is 9.97 Å². The molecule has 2 aromatic heterocycles. The number of imide groups is 1. The molecule has 7 nitrogen and oxygen atoms in total. The van der Waals surface area contributed by atoms with Crippen LogP contribution in [0, 0.1) is 5.95 Å². The van der Waals surface area contributed by atoms with Gasteiger partial charge in [-0.15, -0.1) is 11.3 Å². The second-order valence-electron chi connectivity index (χ2n) is 8.68. The highest BCUT2D eigenvalue weighted by molar-refractivity contribution is 7.17. The van der Waals surface area contributed by atoms with Gasteiger partial charge in [-0.05, 0) is 45.7 Å². The molecule has 0 bridgehead atoms. The number of hydrogen-bond donors (Lipinski definition) is 0. The van der Waals surface area contributed by atoms with Gasteiger partial charge in [-0.1, -0.05) is 0 Å². The van der Waals surface area contributed by atoms with Gasteiger partial charge in [0.2, 0.25) is 5.95 Å². The number of ether oxygens (including phenoxy) is 1. The van der Waals surface area contributed by atoms with Crippen molar-refractivity contribution >= 4 is 29.2 Å². The number of piperidine rings is 1. The molecule has 2 aliphatic heterocycles. The Balaban J connectivity index is 1.56. The zero-order valence-corrected chi connectivity index (χ0v) is 18.5. The summed E-state index contributed by atoms with van der Waals surface area (Å²) in [5.74, 6) is -0.829. The minimum Gasteiger partial charge on any atom is -0.443 e. The second-order valence-corrected chi connectivity index (χ2v) is 9.67. The lowest BCUT2D eigenvalue weighted by Gasteiger charge is -2.29. The molecule has 0 radical (unpaired) electrons. The highest BCUT2D eigenvalue weighted by Crippen LogP contribution is 2.34. The fourth-order valence-electron chi connectivity index (χ4n) is 3.63. The summed E-state index contributed by atoms with van der Waals surface area (Å²) in [5, 5.41) is 0.322. The van der Waals surface area contributed by atoms with Crippen LogP contribution < -0.4 is 4.90 Å². The predicted octanol–water partition coefficient (Wildman–Crippen LogP) is 4.22. The highest BCUT2D eigenvalue weighted by atomic mass is 32.1. The number of alkyl halides is 1. The third-order valence-electron chi connectivity index (χ3n) is 5.08. The third kappa shape index (κ3) is 4.53. The van der Waals surface area contributed by atoms with E-state index >= 15 is 0 Å². The molecule has 0 spiro atoms. The van der Waals surface area contributed by atoms with Gasteiger partial charge >= 0.3 is 6.09 Å². The maximum atomic E-state index is 14.8. The van der Waals surface area contributed by atoms with Crippen molar-refractivity contribution in [2.24, 2.45) is 0 Å².